The Morgan fingerprint density at radius 3 is 2.66 bits per heavy atom. The van der Waals surface area contributed by atoms with Crippen LogP contribution in [-0.4, -0.2) is 43.2 Å². The Bertz CT molecular complexity index is 1170. The topological polar surface area (TPSA) is 102 Å². The average Bonchev–Trinajstić information content (AvgIpc) is 3.23. The summed E-state index contributed by atoms with van der Waals surface area (Å²) in [4.78, 5) is 26.1. The van der Waals surface area contributed by atoms with Gasteiger partial charge in [0.2, 0.25) is 0 Å². The van der Waals surface area contributed by atoms with E-state index in [9.17, 15) is 14.7 Å². The van der Waals surface area contributed by atoms with E-state index in [-0.39, 0.29) is 29.5 Å². The van der Waals surface area contributed by atoms with Crippen molar-refractivity contribution >= 4 is 17.5 Å². The van der Waals surface area contributed by atoms with E-state index in [4.69, 9.17) is 15.7 Å². The molecule has 2 heterocycles. The van der Waals surface area contributed by atoms with Gasteiger partial charge in [0.1, 0.15) is 11.3 Å². The number of carbonyl (C=O) groups excluding carboxylic acids is 1. The number of halogens is 1. The molecule has 0 aliphatic carbocycles. The molecule has 1 aromatic carbocycles. The zero-order chi connectivity index (χ0) is 23.6. The number of hydrogen-bond donors (Lipinski definition) is 2. The second-order valence-electron chi connectivity index (χ2n) is 6.82. The third-order valence-electron chi connectivity index (χ3n) is 4.43. The molecule has 0 saturated heterocycles. The summed E-state index contributed by atoms with van der Waals surface area (Å²) in [5, 5.41) is 20.8. The van der Waals surface area contributed by atoms with Gasteiger partial charge in [-0.05, 0) is 24.1 Å². The van der Waals surface area contributed by atoms with Gasteiger partial charge in [0.25, 0.3) is 11.5 Å². The molecule has 0 fully saturated rings. The van der Waals surface area contributed by atoms with E-state index in [0.717, 1.165) is 15.6 Å². The fourth-order valence-corrected chi connectivity index (χ4v) is 2.81. The van der Waals surface area contributed by atoms with Crippen molar-refractivity contribution in [2.45, 2.75) is 19.9 Å². The predicted molar refractivity (Wildman–Crippen MR) is 110 cm³/mol. The van der Waals surface area contributed by atoms with E-state index in [1.54, 1.807) is 24.3 Å². The molecule has 8 nitrogen and oxygen atoms in total. The highest BCUT2D eigenvalue weighted by atomic mass is 35.5. The summed E-state index contributed by atoms with van der Waals surface area (Å²) in [6, 6.07) is 7.43. The number of aliphatic hydroxyl groups excluding tert-OH is 1. The summed E-state index contributed by atoms with van der Waals surface area (Å²) in [5.41, 5.74) is -0.0175. The second kappa shape index (κ2) is 8.59. The van der Waals surface area contributed by atoms with Gasteiger partial charge in [-0.2, -0.15) is 14.9 Å². The lowest BCUT2D eigenvalue weighted by molar-refractivity contribution is 0.0894. The number of aliphatic hydroxyl groups is 1. The minimum Gasteiger partial charge on any atom is -0.394 e. The number of nitrogens with zero attached hydrogens (tertiary/aromatic N) is 4. The maximum atomic E-state index is 13.1. The highest BCUT2D eigenvalue weighted by Gasteiger charge is 2.22. The Morgan fingerprint density at radius 1 is 1.34 bits per heavy atom. The maximum absolute atomic E-state index is 13.1. The molecular formula is C20H22ClN5O3. The van der Waals surface area contributed by atoms with E-state index in [0.29, 0.717) is 10.6 Å². The van der Waals surface area contributed by atoms with Crippen molar-refractivity contribution in [3.05, 3.63) is 63.7 Å². The molecule has 3 rings (SSSR count). The van der Waals surface area contributed by atoms with Crippen molar-refractivity contribution in [3.63, 3.8) is 0 Å². The summed E-state index contributed by atoms with van der Waals surface area (Å²) in [6.45, 7) is 0.822. The molecule has 1 atom stereocenters. The van der Waals surface area contributed by atoms with E-state index in [1.807, 2.05) is 13.8 Å². The van der Waals surface area contributed by atoms with Crippen LogP contribution in [-0.2, 0) is 6.98 Å². The molecule has 0 radical (unpaired) electrons. The van der Waals surface area contributed by atoms with Crippen LogP contribution in [0.25, 0.3) is 16.9 Å². The van der Waals surface area contributed by atoms with E-state index in [2.05, 4.69) is 15.5 Å². The minimum atomic E-state index is -2.54. The number of carbonyl (C=O) groups is 1. The van der Waals surface area contributed by atoms with Gasteiger partial charge < -0.3 is 10.4 Å². The second-order valence-corrected chi connectivity index (χ2v) is 7.25. The van der Waals surface area contributed by atoms with Crippen LogP contribution < -0.4 is 10.9 Å². The average molecular weight is 419 g/mol. The molecule has 0 saturated carbocycles. The first-order valence-electron chi connectivity index (χ1n) is 10.4. The lowest BCUT2D eigenvalue weighted by Gasteiger charge is -2.20. The number of rotatable bonds is 6. The third-order valence-corrected chi connectivity index (χ3v) is 4.68. The molecule has 0 unspecified atom stereocenters. The number of aryl methyl sites for hydroxylation is 1. The van der Waals surface area contributed by atoms with Crippen molar-refractivity contribution in [1.29, 1.82) is 0 Å². The Balaban J connectivity index is 2.16. The summed E-state index contributed by atoms with van der Waals surface area (Å²) in [5.74, 6) is -0.751. The van der Waals surface area contributed by atoms with Crippen LogP contribution in [0.4, 0.5) is 0 Å². The SMILES string of the molecule is [2H]C([2H])([2H])n1cc(-n2nc(-c3ccc(Cl)cc3)cc(C(=O)N[C@H](CO)C(C)C)c2=O)cn1. The van der Waals surface area contributed by atoms with Crippen LogP contribution in [0.3, 0.4) is 0 Å². The van der Waals surface area contributed by atoms with Crippen LogP contribution in [0.5, 0.6) is 0 Å². The van der Waals surface area contributed by atoms with Crippen LogP contribution >= 0.6 is 11.6 Å². The number of nitrogens with one attached hydrogen (secondary N) is 1. The molecule has 2 N–H and O–H groups in total. The van der Waals surface area contributed by atoms with E-state index >= 15 is 0 Å². The van der Waals surface area contributed by atoms with Crippen molar-refractivity contribution < 1.29 is 14.0 Å². The van der Waals surface area contributed by atoms with E-state index in [1.165, 1.54) is 12.3 Å². The molecule has 152 valence electrons. The molecular weight excluding hydrogens is 394 g/mol. The molecule has 0 aliphatic heterocycles. The van der Waals surface area contributed by atoms with Gasteiger partial charge >= 0.3 is 0 Å². The van der Waals surface area contributed by atoms with Crippen LogP contribution in [0.1, 0.15) is 28.3 Å². The van der Waals surface area contributed by atoms with Crippen molar-refractivity contribution in [2.75, 3.05) is 6.61 Å². The van der Waals surface area contributed by atoms with Crippen molar-refractivity contribution in [1.82, 2.24) is 24.9 Å². The van der Waals surface area contributed by atoms with Crippen LogP contribution in [0.2, 0.25) is 5.02 Å². The molecule has 0 spiro atoms. The number of hydrogen-bond acceptors (Lipinski definition) is 5. The van der Waals surface area contributed by atoms with Gasteiger partial charge in [0.15, 0.2) is 0 Å². The standard InChI is InChI=1S/C20H22ClN5O3/c1-12(2)18(11-27)23-19(28)16-8-17(13-4-6-14(21)7-5-13)24-26(20(16)29)15-9-22-25(3)10-15/h4-10,12,18,27H,11H2,1-3H3,(H,23,28)/t18-/m1/s1/i3D3. The van der Waals surface area contributed by atoms with Crippen molar-refractivity contribution in [2.24, 2.45) is 12.9 Å². The Morgan fingerprint density at radius 2 is 2.07 bits per heavy atom. The van der Waals surface area contributed by atoms with Crippen LogP contribution in [0.15, 0.2) is 47.5 Å². The smallest absolute Gasteiger partial charge is 0.284 e. The zero-order valence-corrected chi connectivity index (χ0v) is 16.6. The minimum absolute atomic E-state index is 0.0683. The lowest BCUT2D eigenvalue weighted by atomic mass is 10.0. The van der Waals surface area contributed by atoms with Gasteiger partial charge in [0, 0.05) is 21.7 Å². The monoisotopic (exact) mass is 418 g/mol. The normalized spacial score (nSPS) is 14.2. The molecule has 2 aromatic heterocycles. The maximum Gasteiger partial charge on any atom is 0.284 e. The summed E-state index contributed by atoms with van der Waals surface area (Å²) in [6.07, 6.45) is 2.33. The molecule has 29 heavy (non-hydrogen) atoms. The molecule has 0 bridgehead atoms. The van der Waals surface area contributed by atoms with Gasteiger partial charge in [0.05, 0.1) is 30.7 Å². The summed E-state index contributed by atoms with van der Waals surface area (Å²) >= 11 is 5.95. The highest BCUT2D eigenvalue weighted by molar-refractivity contribution is 6.30. The highest BCUT2D eigenvalue weighted by Crippen LogP contribution is 2.20. The summed E-state index contributed by atoms with van der Waals surface area (Å²) in [7, 11) is 0. The van der Waals surface area contributed by atoms with Gasteiger partial charge in [-0.25, -0.2) is 0 Å². The third kappa shape index (κ3) is 4.55. The Labute approximate surface area is 177 Å². The van der Waals surface area contributed by atoms with Gasteiger partial charge in [-0.1, -0.05) is 37.6 Å². The molecule has 9 heteroatoms. The van der Waals surface area contributed by atoms with Gasteiger partial charge in [-0.15, -0.1) is 0 Å². The van der Waals surface area contributed by atoms with Crippen LogP contribution in [0, 0.1) is 5.92 Å². The van der Waals surface area contributed by atoms with E-state index < -0.39 is 24.5 Å². The first-order chi connectivity index (χ1) is 15.0. The largest absolute Gasteiger partial charge is 0.394 e. The van der Waals surface area contributed by atoms with Crippen molar-refractivity contribution in [3.8, 4) is 16.9 Å². The lowest BCUT2D eigenvalue weighted by Crippen LogP contribution is -2.43. The Kier molecular flexibility index (Phi) is 5.01. The van der Waals surface area contributed by atoms with Gasteiger partial charge in [-0.3, -0.25) is 14.3 Å². The molecule has 1 amide bonds. The zero-order valence-electron chi connectivity index (χ0n) is 18.8. The fourth-order valence-electron chi connectivity index (χ4n) is 2.69. The molecule has 3 aromatic rings. The predicted octanol–water partition coefficient (Wildman–Crippen LogP) is 2.03. The fraction of sp³-hybridized carbons (Fsp3) is 0.300. The number of benzene rings is 1. The Hall–Kier alpha value is -2.97. The number of amides is 1. The quantitative estimate of drug-likeness (QED) is 0.637. The summed E-state index contributed by atoms with van der Waals surface area (Å²) < 4.78 is 24.1. The first kappa shape index (κ1) is 16.9. The molecule has 0 aliphatic rings. The first-order valence-corrected chi connectivity index (χ1v) is 9.26. The number of aromatic nitrogens is 4.